The first-order valence-corrected chi connectivity index (χ1v) is 8.01. The number of furan rings is 1. The quantitative estimate of drug-likeness (QED) is 0.672. The Morgan fingerprint density at radius 2 is 1.88 bits per heavy atom. The fraction of sp³-hybridized carbons (Fsp3) is 0.278. The van der Waals surface area contributed by atoms with Gasteiger partial charge in [0.2, 0.25) is 0 Å². The minimum atomic E-state index is -0.812. The number of carbonyl (C=O) groups is 3. The Morgan fingerprint density at radius 3 is 2.58 bits per heavy atom. The zero-order valence-corrected chi connectivity index (χ0v) is 14.8. The summed E-state index contributed by atoms with van der Waals surface area (Å²) in [5.74, 6) is -0.932. The van der Waals surface area contributed by atoms with Crippen molar-refractivity contribution in [1.29, 1.82) is 0 Å². The molecule has 0 aliphatic carbocycles. The average Bonchev–Trinajstić information content (AvgIpc) is 3.16. The summed E-state index contributed by atoms with van der Waals surface area (Å²) in [6.07, 6.45) is 0.542. The van der Waals surface area contributed by atoms with Crippen molar-refractivity contribution in [2.45, 2.75) is 26.9 Å². The zero-order chi connectivity index (χ0) is 19.1. The number of aryl methyl sites for hydroxylation is 1. The van der Waals surface area contributed by atoms with E-state index in [1.165, 1.54) is 12.3 Å². The van der Waals surface area contributed by atoms with Gasteiger partial charge in [-0.05, 0) is 50.1 Å². The van der Waals surface area contributed by atoms with E-state index in [2.05, 4.69) is 16.2 Å². The second kappa shape index (κ2) is 8.70. The average molecular weight is 359 g/mol. The van der Waals surface area contributed by atoms with E-state index in [0.29, 0.717) is 5.75 Å². The van der Waals surface area contributed by atoms with E-state index in [1.807, 2.05) is 26.0 Å². The van der Waals surface area contributed by atoms with Crippen LogP contribution in [0.5, 0.6) is 5.75 Å². The van der Waals surface area contributed by atoms with Gasteiger partial charge in [-0.2, -0.15) is 0 Å². The summed E-state index contributed by atoms with van der Waals surface area (Å²) in [7, 11) is 0. The Kier molecular flexibility index (Phi) is 6.37. The predicted octanol–water partition coefficient (Wildman–Crippen LogP) is 1.24. The van der Waals surface area contributed by atoms with E-state index in [0.717, 1.165) is 11.1 Å². The minimum Gasteiger partial charge on any atom is -0.481 e. The number of hydrogen-bond donors (Lipinski definition) is 3. The van der Waals surface area contributed by atoms with Crippen LogP contribution >= 0.6 is 0 Å². The molecule has 0 bridgehead atoms. The van der Waals surface area contributed by atoms with Gasteiger partial charge in [0.1, 0.15) is 5.75 Å². The highest BCUT2D eigenvalue weighted by Crippen LogP contribution is 2.21. The lowest BCUT2D eigenvalue weighted by Gasteiger charge is -2.17. The van der Waals surface area contributed by atoms with Crippen molar-refractivity contribution in [3.05, 3.63) is 53.5 Å². The lowest BCUT2D eigenvalue weighted by atomic mass is 10.1. The summed E-state index contributed by atoms with van der Waals surface area (Å²) in [4.78, 5) is 35.3. The maximum atomic E-state index is 12.0. The van der Waals surface area contributed by atoms with Crippen molar-refractivity contribution in [2.75, 3.05) is 6.54 Å². The standard InChI is InChI=1S/C18H21N3O5/c1-11-6-4-7-14(12(11)2)26-13(3)17(23)21-20-16(22)10-19-18(24)15-8-5-9-25-15/h4-9,13H,10H2,1-3H3,(H,19,24)(H,20,22)(H,21,23)/t13-/m0/s1. The molecule has 26 heavy (non-hydrogen) atoms. The maximum Gasteiger partial charge on any atom is 0.287 e. The SMILES string of the molecule is Cc1cccc(O[C@@H](C)C(=O)NNC(=O)CNC(=O)c2ccco2)c1C. The first-order valence-electron chi connectivity index (χ1n) is 8.01. The minimum absolute atomic E-state index is 0.0948. The monoisotopic (exact) mass is 359 g/mol. The smallest absolute Gasteiger partial charge is 0.287 e. The molecule has 0 fully saturated rings. The van der Waals surface area contributed by atoms with E-state index in [4.69, 9.17) is 9.15 Å². The summed E-state index contributed by atoms with van der Waals surface area (Å²) in [5.41, 5.74) is 6.46. The summed E-state index contributed by atoms with van der Waals surface area (Å²) >= 11 is 0. The second-order valence-electron chi connectivity index (χ2n) is 5.66. The third-order valence-corrected chi connectivity index (χ3v) is 3.71. The van der Waals surface area contributed by atoms with Crippen LogP contribution < -0.4 is 20.9 Å². The van der Waals surface area contributed by atoms with Crippen molar-refractivity contribution in [2.24, 2.45) is 0 Å². The molecule has 0 unspecified atom stereocenters. The van der Waals surface area contributed by atoms with Gasteiger partial charge in [-0.25, -0.2) is 0 Å². The van der Waals surface area contributed by atoms with E-state index in [1.54, 1.807) is 19.1 Å². The number of hydrazine groups is 1. The molecule has 2 aromatic rings. The van der Waals surface area contributed by atoms with Gasteiger partial charge in [0.05, 0.1) is 12.8 Å². The molecule has 0 spiro atoms. The number of hydrogen-bond acceptors (Lipinski definition) is 5. The maximum absolute atomic E-state index is 12.0. The number of ether oxygens (including phenoxy) is 1. The van der Waals surface area contributed by atoms with Gasteiger partial charge in [0.25, 0.3) is 17.7 Å². The van der Waals surface area contributed by atoms with Gasteiger partial charge in [-0.15, -0.1) is 0 Å². The topological polar surface area (TPSA) is 110 Å². The van der Waals surface area contributed by atoms with Crippen LogP contribution in [-0.2, 0) is 9.59 Å². The first-order chi connectivity index (χ1) is 12.4. The van der Waals surface area contributed by atoms with Crippen molar-refractivity contribution in [3.63, 3.8) is 0 Å². The Morgan fingerprint density at radius 1 is 1.12 bits per heavy atom. The molecular weight excluding hydrogens is 338 g/mol. The number of rotatable bonds is 6. The number of amides is 3. The van der Waals surface area contributed by atoms with Crippen LogP contribution in [0.4, 0.5) is 0 Å². The van der Waals surface area contributed by atoms with E-state index >= 15 is 0 Å². The largest absolute Gasteiger partial charge is 0.481 e. The molecular formula is C18H21N3O5. The molecule has 1 atom stereocenters. The van der Waals surface area contributed by atoms with Gasteiger partial charge in [0, 0.05) is 0 Å². The molecule has 8 heteroatoms. The van der Waals surface area contributed by atoms with Crippen LogP contribution in [-0.4, -0.2) is 30.4 Å². The lowest BCUT2D eigenvalue weighted by molar-refractivity contribution is -0.132. The molecule has 2 rings (SSSR count). The Balaban J connectivity index is 1.75. The van der Waals surface area contributed by atoms with E-state index < -0.39 is 23.8 Å². The number of benzene rings is 1. The molecule has 0 saturated heterocycles. The summed E-state index contributed by atoms with van der Waals surface area (Å²) in [6, 6.07) is 8.60. The lowest BCUT2D eigenvalue weighted by Crippen LogP contribution is -2.50. The third-order valence-electron chi connectivity index (χ3n) is 3.71. The van der Waals surface area contributed by atoms with Crippen LogP contribution in [0.2, 0.25) is 0 Å². The zero-order valence-electron chi connectivity index (χ0n) is 14.8. The van der Waals surface area contributed by atoms with Crippen molar-refractivity contribution >= 4 is 17.7 Å². The fourth-order valence-electron chi connectivity index (χ4n) is 2.03. The highest BCUT2D eigenvalue weighted by atomic mass is 16.5. The summed E-state index contributed by atoms with van der Waals surface area (Å²) < 4.78 is 10.5. The molecule has 8 nitrogen and oxygen atoms in total. The fourth-order valence-corrected chi connectivity index (χ4v) is 2.03. The van der Waals surface area contributed by atoms with Crippen molar-refractivity contribution < 1.29 is 23.5 Å². The summed E-state index contributed by atoms with van der Waals surface area (Å²) in [6.45, 7) is 5.11. The molecule has 3 N–H and O–H groups in total. The molecule has 1 aromatic heterocycles. The number of nitrogens with one attached hydrogen (secondary N) is 3. The van der Waals surface area contributed by atoms with Gasteiger partial charge in [0.15, 0.2) is 11.9 Å². The van der Waals surface area contributed by atoms with Crippen LogP contribution in [0.3, 0.4) is 0 Å². The number of carbonyl (C=O) groups excluding carboxylic acids is 3. The van der Waals surface area contributed by atoms with Gasteiger partial charge < -0.3 is 14.5 Å². The molecule has 1 aromatic carbocycles. The van der Waals surface area contributed by atoms with E-state index in [9.17, 15) is 14.4 Å². The Bertz CT molecular complexity index is 786. The van der Waals surface area contributed by atoms with Crippen molar-refractivity contribution in [3.8, 4) is 5.75 Å². The highest BCUT2D eigenvalue weighted by Gasteiger charge is 2.17. The van der Waals surface area contributed by atoms with E-state index in [-0.39, 0.29) is 12.3 Å². The molecule has 0 radical (unpaired) electrons. The molecule has 0 aliphatic heterocycles. The first kappa shape index (κ1) is 19.0. The highest BCUT2D eigenvalue weighted by molar-refractivity contribution is 5.94. The molecule has 138 valence electrons. The molecule has 0 aliphatic rings. The van der Waals surface area contributed by atoms with Crippen LogP contribution in [0.15, 0.2) is 41.0 Å². The molecule has 0 saturated carbocycles. The second-order valence-corrected chi connectivity index (χ2v) is 5.66. The van der Waals surface area contributed by atoms with Gasteiger partial charge in [-0.3, -0.25) is 25.2 Å². The summed E-state index contributed by atoms with van der Waals surface area (Å²) in [5, 5.41) is 2.36. The molecule has 3 amide bonds. The normalized spacial score (nSPS) is 11.3. The molecule has 1 heterocycles. The van der Waals surface area contributed by atoms with Crippen LogP contribution in [0, 0.1) is 13.8 Å². The van der Waals surface area contributed by atoms with Crippen molar-refractivity contribution in [1.82, 2.24) is 16.2 Å². The third kappa shape index (κ3) is 5.10. The van der Waals surface area contributed by atoms with Gasteiger partial charge >= 0.3 is 0 Å². The van der Waals surface area contributed by atoms with Crippen LogP contribution in [0.1, 0.15) is 28.6 Å². The predicted molar refractivity (Wildman–Crippen MR) is 93.3 cm³/mol. The van der Waals surface area contributed by atoms with Gasteiger partial charge in [-0.1, -0.05) is 12.1 Å². The van der Waals surface area contributed by atoms with Crippen LogP contribution in [0.25, 0.3) is 0 Å². The Hall–Kier alpha value is -3.29. The Labute approximate surface area is 150 Å².